The SMILES string of the molecule is C[C@H]1CCCC[C@H]1NC(=O)c1ccc(CSCc2ccc(Cl)cc2)o1. The summed E-state index contributed by atoms with van der Waals surface area (Å²) in [7, 11) is 0. The minimum absolute atomic E-state index is 0.0901. The van der Waals surface area contributed by atoms with Crippen molar-refractivity contribution in [1.29, 1.82) is 0 Å². The lowest BCUT2D eigenvalue weighted by Crippen LogP contribution is -2.40. The maximum absolute atomic E-state index is 12.4. The minimum Gasteiger partial charge on any atom is -0.455 e. The van der Waals surface area contributed by atoms with Crippen molar-refractivity contribution >= 4 is 29.3 Å². The number of hydrogen-bond donors (Lipinski definition) is 1. The molecule has 1 fully saturated rings. The van der Waals surface area contributed by atoms with Gasteiger partial charge in [-0.15, -0.1) is 11.8 Å². The molecule has 1 aliphatic rings. The Bertz CT molecular complexity index is 698. The smallest absolute Gasteiger partial charge is 0.287 e. The van der Waals surface area contributed by atoms with E-state index in [9.17, 15) is 4.79 Å². The number of thioether (sulfide) groups is 1. The van der Waals surface area contributed by atoms with Crippen LogP contribution in [0.25, 0.3) is 0 Å². The summed E-state index contributed by atoms with van der Waals surface area (Å²) < 4.78 is 5.73. The van der Waals surface area contributed by atoms with Crippen molar-refractivity contribution in [3.63, 3.8) is 0 Å². The van der Waals surface area contributed by atoms with E-state index in [-0.39, 0.29) is 11.9 Å². The molecule has 1 aromatic heterocycles. The van der Waals surface area contributed by atoms with E-state index in [1.165, 1.54) is 24.8 Å². The van der Waals surface area contributed by atoms with Crippen molar-refractivity contribution in [2.75, 3.05) is 0 Å². The fraction of sp³-hybridized carbons (Fsp3) is 0.450. The number of rotatable bonds is 6. The van der Waals surface area contributed by atoms with Crippen molar-refractivity contribution in [3.8, 4) is 0 Å². The van der Waals surface area contributed by atoms with E-state index in [1.807, 2.05) is 30.3 Å². The predicted octanol–water partition coefficient (Wildman–Crippen LogP) is 5.67. The summed E-state index contributed by atoms with van der Waals surface area (Å²) in [6, 6.07) is 11.8. The van der Waals surface area contributed by atoms with E-state index in [4.69, 9.17) is 16.0 Å². The fourth-order valence-electron chi connectivity index (χ4n) is 3.20. The lowest BCUT2D eigenvalue weighted by Gasteiger charge is -2.29. The first-order valence-electron chi connectivity index (χ1n) is 8.83. The van der Waals surface area contributed by atoms with E-state index < -0.39 is 0 Å². The van der Waals surface area contributed by atoms with Gasteiger partial charge in [-0.1, -0.05) is 43.5 Å². The number of furan rings is 1. The van der Waals surface area contributed by atoms with Crippen molar-refractivity contribution in [1.82, 2.24) is 5.32 Å². The Kier molecular flexibility index (Phi) is 6.49. The summed E-state index contributed by atoms with van der Waals surface area (Å²) >= 11 is 7.65. The standard InChI is InChI=1S/C20H24ClNO2S/c1-14-4-2-3-5-18(14)22-20(23)19-11-10-17(24-19)13-25-12-15-6-8-16(21)9-7-15/h6-11,14,18H,2-5,12-13H2,1H3,(H,22,23)/t14-,18+/m0/s1. The van der Waals surface area contributed by atoms with Crippen LogP contribution in [0, 0.1) is 5.92 Å². The van der Waals surface area contributed by atoms with Crippen LogP contribution < -0.4 is 5.32 Å². The van der Waals surface area contributed by atoms with Crippen LogP contribution in [0.1, 0.15) is 54.5 Å². The van der Waals surface area contributed by atoms with Gasteiger partial charge >= 0.3 is 0 Å². The number of carbonyl (C=O) groups excluding carboxylic acids is 1. The summed E-state index contributed by atoms with van der Waals surface area (Å²) in [5, 5.41) is 3.89. The largest absolute Gasteiger partial charge is 0.455 e. The first kappa shape index (κ1) is 18.4. The molecule has 25 heavy (non-hydrogen) atoms. The van der Waals surface area contributed by atoms with Crippen LogP contribution in [0.2, 0.25) is 5.02 Å². The quantitative estimate of drug-likeness (QED) is 0.704. The van der Waals surface area contributed by atoms with Crippen molar-refractivity contribution < 1.29 is 9.21 Å². The maximum Gasteiger partial charge on any atom is 0.287 e. The van der Waals surface area contributed by atoms with E-state index in [2.05, 4.69) is 12.2 Å². The highest BCUT2D eigenvalue weighted by Crippen LogP contribution is 2.25. The number of amides is 1. The zero-order chi connectivity index (χ0) is 17.6. The Labute approximate surface area is 158 Å². The third kappa shape index (κ3) is 5.29. The molecule has 1 aliphatic carbocycles. The zero-order valence-electron chi connectivity index (χ0n) is 14.5. The highest BCUT2D eigenvalue weighted by atomic mass is 35.5. The number of hydrogen-bond acceptors (Lipinski definition) is 3. The van der Waals surface area contributed by atoms with Crippen molar-refractivity contribution in [2.24, 2.45) is 5.92 Å². The summed E-state index contributed by atoms with van der Waals surface area (Å²) in [5.74, 6) is 3.34. The fourth-order valence-corrected chi connectivity index (χ4v) is 4.21. The second-order valence-corrected chi connectivity index (χ2v) is 8.15. The topological polar surface area (TPSA) is 42.2 Å². The number of nitrogens with one attached hydrogen (secondary N) is 1. The van der Waals surface area contributed by atoms with Crippen molar-refractivity contribution in [2.45, 2.75) is 50.2 Å². The van der Waals surface area contributed by atoms with Gasteiger partial charge in [0.05, 0.1) is 5.75 Å². The molecule has 1 amide bonds. The molecule has 0 spiro atoms. The molecule has 0 saturated heterocycles. The Hall–Kier alpha value is -1.39. The molecule has 0 bridgehead atoms. The molecule has 0 aliphatic heterocycles. The Morgan fingerprint density at radius 3 is 2.68 bits per heavy atom. The molecule has 2 aromatic rings. The highest BCUT2D eigenvalue weighted by Gasteiger charge is 2.24. The van der Waals surface area contributed by atoms with Gasteiger partial charge in [-0.2, -0.15) is 0 Å². The van der Waals surface area contributed by atoms with E-state index >= 15 is 0 Å². The third-order valence-electron chi connectivity index (χ3n) is 4.74. The normalized spacial score (nSPS) is 20.4. The van der Waals surface area contributed by atoms with Gasteiger partial charge in [-0.05, 0) is 48.6 Å². The van der Waals surface area contributed by atoms with E-state index in [1.54, 1.807) is 17.8 Å². The Morgan fingerprint density at radius 1 is 1.16 bits per heavy atom. The van der Waals surface area contributed by atoms with Crippen LogP contribution in [-0.2, 0) is 11.5 Å². The second kappa shape index (κ2) is 8.81. The second-order valence-electron chi connectivity index (χ2n) is 6.73. The summed E-state index contributed by atoms with van der Waals surface area (Å²) in [6.45, 7) is 2.21. The van der Waals surface area contributed by atoms with Gasteiger partial charge in [0.2, 0.25) is 0 Å². The molecule has 1 heterocycles. The third-order valence-corrected chi connectivity index (χ3v) is 6.02. The maximum atomic E-state index is 12.4. The molecule has 1 saturated carbocycles. The molecular formula is C20H24ClNO2S. The van der Waals surface area contributed by atoms with Crippen LogP contribution in [0.5, 0.6) is 0 Å². The van der Waals surface area contributed by atoms with Gasteiger partial charge in [-0.3, -0.25) is 4.79 Å². The van der Waals surface area contributed by atoms with Gasteiger partial charge < -0.3 is 9.73 Å². The van der Waals surface area contributed by atoms with Crippen LogP contribution in [0.4, 0.5) is 0 Å². The molecule has 3 nitrogen and oxygen atoms in total. The lowest BCUT2D eigenvalue weighted by atomic mass is 9.86. The van der Waals surface area contributed by atoms with Crippen LogP contribution >= 0.6 is 23.4 Å². The minimum atomic E-state index is -0.0901. The number of carbonyl (C=O) groups is 1. The van der Waals surface area contributed by atoms with Gasteiger partial charge in [0.25, 0.3) is 5.91 Å². The summed E-state index contributed by atoms with van der Waals surface area (Å²) in [4.78, 5) is 12.4. The van der Waals surface area contributed by atoms with Gasteiger partial charge in [-0.25, -0.2) is 0 Å². The van der Waals surface area contributed by atoms with Gasteiger partial charge in [0.1, 0.15) is 5.76 Å². The van der Waals surface area contributed by atoms with Crippen LogP contribution in [-0.4, -0.2) is 11.9 Å². The molecule has 3 rings (SSSR count). The molecule has 0 radical (unpaired) electrons. The van der Waals surface area contributed by atoms with Gasteiger partial charge in [0, 0.05) is 16.8 Å². The summed E-state index contributed by atoms with van der Waals surface area (Å²) in [6.07, 6.45) is 4.72. The van der Waals surface area contributed by atoms with Crippen LogP contribution in [0.15, 0.2) is 40.8 Å². The predicted molar refractivity (Wildman–Crippen MR) is 104 cm³/mol. The Balaban J connectivity index is 1.48. The number of halogens is 1. The van der Waals surface area contributed by atoms with E-state index in [0.717, 1.165) is 28.7 Å². The molecule has 1 aromatic carbocycles. The number of benzene rings is 1. The molecule has 2 atom stereocenters. The van der Waals surface area contributed by atoms with E-state index in [0.29, 0.717) is 11.7 Å². The zero-order valence-corrected chi connectivity index (χ0v) is 16.0. The summed E-state index contributed by atoms with van der Waals surface area (Å²) in [5.41, 5.74) is 1.23. The average Bonchev–Trinajstić information content (AvgIpc) is 3.08. The Morgan fingerprint density at radius 2 is 1.92 bits per heavy atom. The monoisotopic (exact) mass is 377 g/mol. The average molecular weight is 378 g/mol. The molecule has 1 N–H and O–H groups in total. The highest BCUT2D eigenvalue weighted by molar-refractivity contribution is 7.97. The van der Waals surface area contributed by atoms with Crippen LogP contribution in [0.3, 0.4) is 0 Å². The molecule has 5 heteroatoms. The molecule has 0 unspecified atom stereocenters. The first-order valence-corrected chi connectivity index (χ1v) is 10.4. The first-order chi connectivity index (χ1) is 12.1. The molecular weight excluding hydrogens is 354 g/mol. The van der Waals surface area contributed by atoms with Crippen molar-refractivity contribution in [3.05, 3.63) is 58.5 Å². The van der Waals surface area contributed by atoms with Gasteiger partial charge in [0.15, 0.2) is 5.76 Å². The lowest BCUT2D eigenvalue weighted by molar-refractivity contribution is 0.0880. The molecule has 134 valence electrons.